The van der Waals surface area contributed by atoms with Gasteiger partial charge in [-0.3, -0.25) is 0 Å². The number of esters is 1. The summed E-state index contributed by atoms with van der Waals surface area (Å²) >= 11 is 6.04. The van der Waals surface area contributed by atoms with Crippen LogP contribution in [0.3, 0.4) is 0 Å². The van der Waals surface area contributed by atoms with E-state index in [0.29, 0.717) is 11.8 Å². The molecule has 0 saturated carbocycles. The van der Waals surface area contributed by atoms with Gasteiger partial charge in [0.1, 0.15) is 5.75 Å². The molecule has 5 heteroatoms. The number of rotatable bonds is 7. The van der Waals surface area contributed by atoms with Crippen LogP contribution < -0.4 is 10.1 Å². The van der Waals surface area contributed by atoms with Crippen molar-refractivity contribution >= 4 is 17.6 Å². The number of halogens is 1. The Bertz CT molecular complexity index is 763. The summed E-state index contributed by atoms with van der Waals surface area (Å²) in [5.41, 5.74) is 3.90. The van der Waals surface area contributed by atoms with Crippen molar-refractivity contribution in [2.75, 3.05) is 20.3 Å². The van der Waals surface area contributed by atoms with E-state index < -0.39 is 0 Å². The van der Waals surface area contributed by atoms with Gasteiger partial charge >= 0.3 is 5.97 Å². The largest absolute Gasteiger partial charge is 0.482 e. The molecule has 26 heavy (non-hydrogen) atoms. The van der Waals surface area contributed by atoms with Crippen LogP contribution >= 0.6 is 11.6 Å². The molecule has 0 fully saturated rings. The minimum absolute atomic E-state index is 0.0589. The van der Waals surface area contributed by atoms with Gasteiger partial charge in [-0.05, 0) is 73.2 Å². The van der Waals surface area contributed by atoms with Gasteiger partial charge in [-0.15, -0.1) is 0 Å². The number of fused-ring (bicyclic) bond motifs is 1. The summed E-state index contributed by atoms with van der Waals surface area (Å²) < 4.78 is 10.1. The van der Waals surface area contributed by atoms with Gasteiger partial charge in [0.05, 0.1) is 7.11 Å². The third kappa shape index (κ3) is 5.23. The standard InChI is InChI=1S/C21H24ClNO3/c1-25-21(24)14-26-20-8-6-16-5-7-19(12-17(16)13-20)23-10-9-15-3-2-4-18(22)11-15/h2-4,6,8,11,13,19,23H,5,7,9-10,12,14H2,1H3. The summed E-state index contributed by atoms with van der Waals surface area (Å²) in [6, 6.07) is 14.5. The molecule has 1 unspecified atom stereocenters. The van der Waals surface area contributed by atoms with E-state index >= 15 is 0 Å². The Labute approximate surface area is 159 Å². The highest BCUT2D eigenvalue weighted by atomic mass is 35.5. The van der Waals surface area contributed by atoms with E-state index in [2.05, 4.69) is 22.2 Å². The number of carbonyl (C=O) groups excluding carboxylic acids is 1. The number of hydrogen-bond donors (Lipinski definition) is 1. The van der Waals surface area contributed by atoms with Crippen molar-refractivity contribution in [2.24, 2.45) is 0 Å². The maximum atomic E-state index is 11.2. The van der Waals surface area contributed by atoms with Gasteiger partial charge in [-0.2, -0.15) is 0 Å². The maximum Gasteiger partial charge on any atom is 0.343 e. The van der Waals surface area contributed by atoms with Gasteiger partial charge in [0.15, 0.2) is 6.61 Å². The lowest BCUT2D eigenvalue weighted by Gasteiger charge is -2.26. The molecule has 0 aliphatic heterocycles. The van der Waals surface area contributed by atoms with E-state index in [4.69, 9.17) is 16.3 Å². The van der Waals surface area contributed by atoms with Crippen LogP contribution in [0.4, 0.5) is 0 Å². The van der Waals surface area contributed by atoms with Gasteiger partial charge < -0.3 is 14.8 Å². The van der Waals surface area contributed by atoms with E-state index in [0.717, 1.165) is 37.3 Å². The van der Waals surface area contributed by atoms with Gasteiger partial charge in [0.25, 0.3) is 0 Å². The lowest BCUT2D eigenvalue weighted by molar-refractivity contribution is -0.142. The van der Waals surface area contributed by atoms with Gasteiger partial charge in [-0.1, -0.05) is 29.8 Å². The van der Waals surface area contributed by atoms with Crippen LogP contribution in [0.5, 0.6) is 5.75 Å². The van der Waals surface area contributed by atoms with Crippen molar-refractivity contribution < 1.29 is 14.3 Å². The van der Waals surface area contributed by atoms with E-state index in [9.17, 15) is 4.79 Å². The zero-order valence-electron chi connectivity index (χ0n) is 15.0. The molecule has 0 amide bonds. The highest BCUT2D eigenvalue weighted by molar-refractivity contribution is 6.30. The van der Waals surface area contributed by atoms with E-state index in [-0.39, 0.29) is 12.6 Å². The fourth-order valence-corrected chi connectivity index (χ4v) is 3.52. The summed E-state index contributed by atoms with van der Waals surface area (Å²) in [6.45, 7) is 0.871. The van der Waals surface area contributed by atoms with Gasteiger partial charge in [-0.25, -0.2) is 4.79 Å². The van der Waals surface area contributed by atoms with E-state index in [1.54, 1.807) is 0 Å². The molecule has 0 heterocycles. The molecule has 2 aromatic carbocycles. The summed E-state index contributed by atoms with van der Waals surface area (Å²) in [7, 11) is 1.36. The lowest BCUT2D eigenvalue weighted by atomic mass is 9.88. The van der Waals surface area contributed by atoms with Crippen LogP contribution in [-0.2, 0) is 28.8 Å². The predicted octanol–water partition coefficient (Wildman–Crippen LogP) is 3.58. The highest BCUT2D eigenvalue weighted by Gasteiger charge is 2.18. The Balaban J connectivity index is 1.52. The third-order valence-corrected chi connectivity index (χ3v) is 4.96. The molecule has 0 aromatic heterocycles. The average molecular weight is 374 g/mol. The van der Waals surface area contributed by atoms with Crippen LogP contribution in [0.2, 0.25) is 5.02 Å². The second-order valence-corrected chi connectivity index (χ2v) is 7.01. The Morgan fingerprint density at radius 3 is 2.92 bits per heavy atom. The van der Waals surface area contributed by atoms with Crippen molar-refractivity contribution in [3.8, 4) is 5.75 Å². The molecule has 1 N–H and O–H groups in total. The number of nitrogens with one attached hydrogen (secondary N) is 1. The zero-order valence-corrected chi connectivity index (χ0v) is 15.7. The molecular weight excluding hydrogens is 350 g/mol. The van der Waals surface area contributed by atoms with Crippen molar-refractivity contribution in [3.63, 3.8) is 0 Å². The van der Waals surface area contributed by atoms with E-state index in [1.807, 2.05) is 30.3 Å². The van der Waals surface area contributed by atoms with Gasteiger partial charge in [0.2, 0.25) is 0 Å². The number of carbonyl (C=O) groups is 1. The summed E-state index contributed by atoms with van der Waals surface area (Å²) in [4.78, 5) is 11.2. The van der Waals surface area contributed by atoms with Crippen LogP contribution in [0.25, 0.3) is 0 Å². The van der Waals surface area contributed by atoms with Crippen molar-refractivity contribution in [2.45, 2.75) is 31.7 Å². The first-order valence-corrected chi connectivity index (χ1v) is 9.31. The molecule has 4 nitrogen and oxygen atoms in total. The Kier molecular flexibility index (Phi) is 6.53. The first-order valence-electron chi connectivity index (χ1n) is 8.93. The molecule has 3 rings (SSSR count). The van der Waals surface area contributed by atoms with Crippen LogP contribution in [-0.4, -0.2) is 32.3 Å². The molecule has 138 valence electrons. The minimum atomic E-state index is -0.372. The lowest BCUT2D eigenvalue weighted by Crippen LogP contribution is -2.35. The molecule has 1 atom stereocenters. The fourth-order valence-electron chi connectivity index (χ4n) is 3.31. The van der Waals surface area contributed by atoms with Crippen LogP contribution in [0.1, 0.15) is 23.1 Å². The SMILES string of the molecule is COC(=O)COc1ccc2c(c1)CC(NCCc1cccc(Cl)c1)CC2. The smallest absolute Gasteiger partial charge is 0.343 e. The quantitative estimate of drug-likeness (QED) is 0.753. The molecule has 0 saturated heterocycles. The second-order valence-electron chi connectivity index (χ2n) is 6.57. The molecule has 0 spiro atoms. The summed E-state index contributed by atoms with van der Waals surface area (Å²) in [5, 5.41) is 4.44. The van der Waals surface area contributed by atoms with Crippen LogP contribution in [0, 0.1) is 0 Å². The number of aryl methyl sites for hydroxylation is 1. The zero-order chi connectivity index (χ0) is 18.4. The topological polar surface area (TPSA) is 47.6 Å². The molecular formula is C21H24ClNO3. The summed E-state index contributed by atoms with van der Waals surface area (Å²) in [5.74, 6) is 0.344. The monoisotopic (exact) mass is 373 g/mol. The summed E-state index contributed by atoms with van der Waals surface area (Å²) in [6.07, 6.45) is 4.12. The normalized spacial score (nSPS) is 16.0. The first kappa shape index (κ1) is 18.7. The van der Waals surface area contributed by atoms with Crippen LogP contribution in [0.15, 0.2) is 42.5 Å². The fraction of sp³-hybridized carbons (Fsp3) is 0.381. The molecule has 1 aliphatic carbocycles. The van der Waals surface area contributed by atoms with Crippen molar-refractivity contribution in [1.82, 2.24) is 5.32 Å². The minimum Gasteiger partial charge on any atom is -0.482 e. The van der Waals surface area contributed by atoms with E-state index in [1.165, 1.54) is 23.8 Å². The second kappa shape index (κ2) is 9.06. The number of hydrogen-bond acceptors (Lipinski definition) is 4. The number of ether oxygens (including phenoxy) is 2. The third-order valence-electron chi connectivity index (χ3n) is 4.73. The van der Waals surface area contributed by atoms with Gasteiger partial charge in [0, 0.05) is 11.1 Å². The molecule has 1 aliphatic rings. The first-order chi connectivity index (χ1) is 12.6. The Morgan fingerprint density at radius 1 is 1.23 bits per heavy atom. The predicted molar refractivity (Wildman–Crippen MR) is 103 cm³/mol. The maximum absolute atomic E-state index is 11.2. The Hall–Kier alpha value is -2.04. The highest BCUT2D eigenvalue weighted by Crippen LogP contribution is 2.26. The van der Waals surface area contributed by atoms with Crippen molar-refractivity contribution in [3.05, 3.63) is 64.2 Å². The van der Waals surface area contributed by atoms with Crippen molar-refractivity contribution in [1.29, 1.82) is 0 Å². The Morgan fingerprint density at radius 2 is 2.12 bits per heavy atom. The molecule has 0 bridgehead atoms. The number of benzene rings is 2. The molecule has 0 radical (unpaired) electrons. The molecule has 2 aromatic rings. The number of methoxy groups -OCH3 is 1. The average Bonchev–Trinajstić information content (AvgIpc) is 2.66.